The maximum atomic E-state index is 9.65. The number of hydrogen-bond donors (Lipinski definition) is 1. The lowest BCUT2D eigenvalue weighted by Crippen LogP contribution is -2.46. The molecule has 1 saturated carbocycles. The van der Waals surface area contributed by atoms with Gasteiger partial charge in [0.2, 0.25) is 0 Å². The van der Waals surface area contributed by atoms with Crippen molar-refractivity contribution in [1.82, 2.24) is 20.1 Å². The Balaban J connectivity index is 1.24. The van der Waals surface area contributed by atoms with E-state index < -0.39 is 0 Å². The highest BCUT2D eigenvalue weighted by Crippen LogP contribution is 2.42. The van der Waals surface area contributed by atoms with E-state index in [0.717, 1.165) is 49.6 Å². The van der Waals surface area contributed by atoms with Gasteiger partial charge in [-0.05, 0) is 87.0 Å². The predicted octanol–water partition coefficient (Wildman–Crippen LogP) is 5.97. The van der Waals surface area contributed by atoms with Crippen molar-refractivity contribution in [3.05, 3.63) is 70.7 Å². The van der Waals surface area contributed by atoms with Crippen molar-refractivity contribution in [2.24, 2.45) is 0 Å². The summed E-state index contributed by atoms with van der Waals surface area (Å²) < 4.78 is 5.80. The molecule has 2 fully saturated rings. The second-order valence-electron chi connectivity index (χ2n) is 10.9. The van der Waals surface area contributed by atoms with Crippen molar-refractivity contribution in [3.63, 3.8) is 0 Å². The fourth-order valence-corrected chi connectivity index (χ4v) is 6.55. The Morgan fingerprint density at radius 3 is 2.68 bits per heavy atom. The molecule has 1 atom stereocenters. The molecule has 6 nitrogen and oxygen atoms in total. The molecule has 1 aromatic heterocycles. The zero-order valence-electron chi connectivity index (χ0n) is 22.5. The molecule has 0 radical (unpaired) electrons. The summed E-state index contributed by atoms with van der Waals surface area (Å²) in [6.07, 6.45) is 6.66. The van der Waals surface area contributed by atoms with E-state index in [-0.39, 0.29) is 6.10 Å². The minimum Gasteiger partial charge on any atom is -0.490 e. The number of nitrogens with zero attached hydrogens (tertiary/aromatic N) is 4. The molecule has 1 N–H and O–H groups in total. The van der Waals surface area contributed by atoms with E-state index >= 15 is 0 Å². The number of likely N-dealkylation sites (N-methyl/N-ethyl adjacent to an activating group) is 1. The average molecular weight is 526 g/mol. The Morgan fingerprint density at radius 1 is 1.13 bits per heavy atom. The summed E-state index contributed by atoms with van der Waals surface area (Å²) in [5.41, 5.74) is 7.24. The van der Waals surface area contributed by atoms with Crippen molar-refractivity contribution in [3.8, 4) is 32.8 Å². The molecule has 0 unspecified atom stereocenters. The molecule has 196 valence electrons. The van der Waals surface area contributed by atoms with Crippen LogP contribution < -0.4 is 10.1 Å². The first kappa shape index (κ1) is 25.0. The number of ether oxygens (including phenoxy) is 1. The first-order valence-electron chi connectivity index (χ1n) is 13.7. The summed E-state index contributed by atoms with van der Waals surface area (Å²) in [6.45, 7) is 8.39. The van der Waals surface area contributed by atoms with Gasteiger partial charge < -0.3 is 19.9 Å². The molecule has 7 heteroatoms. The highest BCUT2D eigenvalue weighted by atomic mass is 32.1. The standard InChI is InChI=1S/C31H35N5OS/c1-20(2)37-28-12-9-22(17-23(28)18-32)31-33-19-29(38-31)26-6-4-5-25-24(26)10-11-27(25)34-30(21-7-8-21)36-15-13-35(3)14-16-36/h4-6,9,12,17,19-20,27,34H,7-8,10-11,13-16H2,1-3H3/t27-/m0/s1. The largest absolute Gasteiger partial charge is 0.490 e. The number of rotatable bonds is 7. The minimum atomic E-state index is 0.0241. The lowest BCUT2D eigenvalue weighted by Gasteiger charge is -2.37. The predicted molar refractivity (Wildman–Crippen MR) is 153 cm³/mol. The fourth-order valence-electron chi connectivity index (χ4n) is 5.59. The molecule has 2 aromatic carbocycles. The van der Waals surface area contributed by atoms with Crippen LogP contribution in [0.5, 0.6) is 5.75 Å². The van der Waals surface area contributed by atoms with Gasteiger partial charge in [0.15, 0.2) is 0 Å². The molecule has 38 heavy (non-hydrogen) atoms. The molecule has 1 aliphatic heterocycles. The van der Waals surface area contributed by atoms with Crippen LogP contribution in [0.15, 0.2) is 54.0 Å². The third-order valence-corrected chi connectivity index (χ3v) is 8.80. The molecule has 0 amide bonds. The number of fused-ring (bicyclic) bond motifs is 1. The molecule has 2 heterocycles. The highest BCUT2D eigenvalue weighted by Gasteiger charge is 2.31. The van der Waals surface area contributed by atoms with Crippen molar-refractivity contribution >= 4 is 11.3 Å². The Morgan fingerprint density at radius 2 is 1.95 bits per heavy atom. The second-order valence-corrected chi connectivity index (χ2v) is 11.9. The zero-order chi connectivity index (χ0) is 26.2. The van der Waals surface area contributed by atoms with Gasteiger partial charge in [0, 0.05) is 37.9 Å². The fraction of sp³-hybridized carbons (Fsp3) is 0.419. The van der Waals surface area contributed by atoms with E-state index in [2.05, 4.69) is 46.4 Å². The number of hydrogen-bond acceptors (Lipinski definition) is 7. The second kappa shape index (κ2) is 10.4. The van der Waals surface area contributed by atoms with Gasteiger partial charge in [0.05, 0.1) is 22.6 Å². The molecule has 0 bridgehead atoms. The number of nitriles is 1. The quantitative estimate of drug-likeness (QED) is 0.410. The van der Waals surface area contributed by atoms with Gasteiger partial charge in [-0.15, -0.1) is 11.3 Å². The summed E-state index contributed by atoms with van der Waals surface area (Å²) in [7, 11) is 2.22. The number of allylic oxidation sites excluding steroid dienone is 1. The van der Waals surface area contributed by atoms with Crippen LogP contribution in [0.3, 0.4) is 0 Å². The molecular weight excluding hydrogens is 490 g/mol. The number of benzene rings is 2. The smallest absolute Gasteiger partial charge is 0.137 e. The van der Waals surface area contributed by atoms with Gasteiger partial charge in [-0.2, -0.15) is 5.26 Å². The number of aromatic nitrogens is 1. The summed E-state index contributed by atoms with van der Waals surface area (Å²) in [6, 6.07) is 15.1. The van der Waals surface area contributed by atoms with Crippen LogP contribution in [-0.2, 0) is 6.42 Å². The van der Waals surface area contributed by atoms with Crippen molar-refractivity contribution in [2.75, 3.05) is 33.2 Å². The highest BCUT2D eigenvalue weighted by molar-refractivity contribution is 7.18. The topological polar surface area (TPSA) is 64.4 Å². The Bertz CT molecular complexity index is 1400. The van der Waals surface area contributed by atoms with Gasteiger partial charge in [0.25, 0.3) is 0 Å². The molecule has 2 aliphatic carbocycles. The number of nitrogens with one attached hydrogen (secondary N) is 1. The lowest BCUT2D eigenvalue weighted by atomic mass is 10.0. The van der Waals surface area contributed by atoms with Crippen LogP contribution in [0, 0.1) is 11.3 Å². The lowest BCUT2D eigenvalue weighted by molar-refractivity contribution is 0.174. The Labute approximate surface area is 229 Å². The van der Waals surface area contributed by atoms with Gasteiger partial charge in [-0.1, -0.05) is 18.2 Å². The van der Waals surface area contributed by atoms with E-state index in [4.69, 9.17) is 9.72 Å². The maximum absolute atomic E-state index is 9.65. The van der Waals surface area contributed by atoms with Crippen molar-refractivity contribution in [1.29, 1.82) is 5.26 Å². The van der Waals surface area contributed by atoms with Gasteiger partial charge in [0.1, 0.15) is 22.6 Å². The zero-order valence-corrected chi connectivity index (χ0v) is 23.3. The van der Waals surface area contributed by atoms with E-state index in [9.17, 15) is 5.26 Å². The van der Waals surface area contributed by atoms with Crippen LogP contribution in [0.25, 0.3) is 21.0 Å². The SMILES string of the molecule is CC(C)Oc1ccc(-c2ncc(-c3cccc4c3CC[C@@H]4NC(=C3CC3)N3CCN(C)CC3)s2)cc1C#N. The summed E-state index contributed by atoms with van der Waals surface area (Å²) in [5, 5.41) is 14.6. The average Bonchev–Trinajstić information content (AvgIpc) is 3.49. The molecular formula is C31H35N5OS. The van der Waals surface area contributed by atoms with Crippen LogP contribution in [0.1, 0.15) is 55.8 Å². The first-order valence-corrected chi connectivity index (χ1v) is 14.5. The van der Waals surface area contributed by atoms with Crippen LogP contribution in [-0.4, -0.2) is 54.1 Å². The number of piperazine rings is 1. The third-order valence-electron chi connectivity index (χ3n) is 7.72. The number of thiazole rings is 1. The molecule has 6 rings (SSSR count). The molecule has 3 aromatic rings. The first-order chi connectivity index (χ1) is 18.5. The minimum absolute atomic E-state index is 0.0241. The molecule has 0 spiro atoms. The normalized spacial score (nSPS) is 18.9. The van der Waals surface area contributed by atoms with Crippen molar-refractivity contribution in [2.45, 2.75) is 51.7 Å². The maximum Gasteiger partial charge on any atom is 0.137 e. The van der Waals surface area contributed by atoms with E-state index in [1.54, 1.807) is 16.9 Å². The van der Waals surface area contributed by atoms with E-state index in [1.807, 2.05) is 38.2 Å². The third kappa shape index (κ3) is 5.03. The summed E-state index contributed by atoms with van der Waals surface area (Å²) in [4.78, 5) is 10.9. The van der Waals surface area contributed by atoms with Gasteiger partial charge >= 0.3 is 0 Å². The molecule has 1 saturated heterocycles. The van der Waals surface area contributed by atoms with Crippen molar-refractivity contribution < 1.29 is 4.74 Å². The van der Waals surface area contributed by atoms with Gasteiger partial charge in [-0.25, -0.2) is 4.98 Å². The van der Waals surface area contributed by atoms with E-state index in [0.29, 0.717) is 17.4 Å². The van der Waals surface area contributed by atoms with Crippen LogP contribution in [0.2, 0.25) is 0 Å². The molecule has 3 aliphatic rings. The summed E-state index contributed by atoms with van der Waals surface area (Å²) in [5.74, 6) is 2.03. The Kier molecular flexibility index (Phi) is 6.86. The monoisotopic (exact) mass is 525 g/mol. The van der Waals surface area contributed by atoms with E-state index in [1.165, 1.54) is 40.2 Å². The Hall–Kier alpha value is -3.34. The van der Waals surface area contributed by atoms with Gasteiger partial charge in [-0.3, -0.25) is 0 Å². The van der Waals surface area contributed by atoms with Crippen LogP contribution >= 0.6 is 11.3 Å². The van der Waals surface area contributed by atoms with Crippen LogP contribution in [0.4, 0.5) is 0 Å². The summed E-state index contributed by atoms with van der Waals surface area (Å²) >= 11 is 1.69.